The molecule has 2 aromatic heterocycles. The molecular weight excluding hydrogens is 334 g/mol. The molecule has 0 aliphatic heterocycles. The number of aromatic nitrogens is 2. The van der Waals surface area contributed by atoms with E-state index in [1.165, 1.54) is 23.5 Å². The minimum absolute atomic E-state index is 0.165. The summed E-state index contributed by atoms with van der Waals surface area (Å²) < 4.78 is 1.87. The molecule has 1 amide bonds. The number of aromatic hydroxyl groups is 1. The van der Waals surface area contributed by atoms with E-state index in [4.69, 9.17) is 0 Å². The molecule has 0 saturated heterocycles. The van der Waals surface area contributed by atoms with Gasteiger partial charge in [0.05, 0.1) is 16.3 Å². The van der Waals surface area contributed by atoms with Gasteiger partial charge in [-0.25, -0.2) is 4.68 Å². The highest BCUT2D eigenvalue weighted by Crippen LogP contribution is 2.31. The Balaban J connectivity index is 1.69. The first-order valence-electron chi connectivity index (χ1n) is 7.77. The van der Waals surface area contributed by atoms with Crippen molar-refractivity contribution in [3.8, 4) is 11.4 Å². The molecule has 2 aromatic carbocycles. The zero-order valence-electron chi connectivity index (χ0n) is 13.4. The third-order valence-corrected chi connectivity index (χ3v) is 5.00. The average molecular weight is 349 g/mol. The van der Waals surface area contributed by atoms with Crippen molar-refractivity contribution in [2.45, 2.75) is 6.92 Å². The summed E-state index contributed by atoms with van der Waals surface area (Å²) in [7, 11) is 0. The van der Waals surface area contributed by atoms with E-state index in [0.29, 0.717) is 10.6 Å². The molecule has 0 radical (unpaired) electrons. The number of anilines is 1. The molecule has 2 heterocycles. The number of carbonyl (C=O) groups excluding carboxylic acids is 1. The third kappa shape index (κ3) is 2.88. The monoisotopic (exact) mass is 349 g/mol. The van der Waals surface area contributed by atoms with Gasteiger partial charge in [0.2, 0.25) is 0 Å². The molecule has 6 heteroatoms. The van der Waals surface area contributed by atoms with Gasteiger partial charge in [-0.15, -0.1) is 11.3 Å². The third-order valence-electron chi connectivity index (χ3n) is 3.89. The van der Waals surface area contributed by atoms with Crippen LogP contribution < -0.4 is 5.32 Å². The van der Waals surface area contributed by atoms with Gasteiger partial charge in [-0.1, -0.05) is 18.2 Å². The molecule has 4 aromatic rings. The van der Waals surface area contributed by atoms with E-state index < -0.39 is 0 Å². The van der Waals surface area contributed by atoms with Crippen molar-refractivity contribution < 1.29 is 9.90 Å². The molecule has 0 unspecified atom stereocenters. The van der Waals surface area contributed by atoms with E-state index in [2.05, 4.69) is 10.4 Å². The van der Waals surface area contributed by atoms with Crippen molar-refractivity contribution in [3.05, 3.63) is 71.2 Å². The number of fused-ring (bicyclic) bond motifs is 1. The van der Waals surface area contributed by atoms with Crippen molar-refractivity contribution in [3.63, 3.8) is 0 Å². The van der Waals surface area contributed by atoms with E-state index in [1.54, 1.807) is 12.1 Å². The molecule has 25 heavy (non-hydrogen) atoms. The predicted molar refractivity (Wildman–Crippen MR) is 99.7 cm³/mol. The van der Waals surface area contributed by atoms with Crippen LogP contribution in [0.1, 0.15) is 15.4 Å². The molecule has 124 valence electrons. The van der Waals surface area contributed by atoms with Crippen molar-refractivity contribution in [1.82, 2.24) is 9.78 Å². The highest BCUT2D eigenvalue weighted by molar-refractivity contribution is 7.20. The summed E-state index contributed by atoms with van der Waals surface area (Å²) in [4.78, 5) is 14.1. The summed E-state index contributed by atoms with van der Waals surface area (Å²) in [5.74, 6) is -0.00987. The summed E-state index contributed by atoms with van der Waals surface area (Å²) in [6, 6.07) is 18.1. The van der Waals surface area contributed by atoms with E-state index in [-0.39, 0.29) is 11.7 Å². The number of rotatable bonds is 3. The van der Waals surface area contributed by atoms with Crippen LogP contribution in [-0.2, 0) is 0 Å². The van der Waals surface area contributed by atoms with Gasteiger partial charge in [0.25, 0.3) is 5.91 Å². The minimum Gasteiger partial charge on any atom is -0.508 e. The SMILES string of the molecule is Cc1nn(-c2ccccc2)c2sc(C(=O)Nc3ccc(O)cc3)cc12. The molecular formula is C19H15N3O2S. The molecule has 0 aliphatic rings. The molecule has 0 spiro atoms. The highest BCUT2D eigenvalue weighted by atomic mass is 32.1. The maximum absolute atomic E-state index is 12.5. The molecule has 0 fully saturated rings. The first-order chi connectivity index (χ1) is 12.1. The zero-order chi connectivity index (χ0) is 17.4. The smallest absolute Gasteiger partial charge is 0.265 e. The minimum atomic E-state index is -0.175. The van der Waals surface area contributed by atoms with Crippen LogP contribution in [0, 0.1) is 6.92 Å². The quantitative estimate of drug-likeness (QED) is 0.540. The number of thiophene rings is 1. The van der Waals surface area contributed by atoms with Gasteiger partial charge < -0.3 is 10.4 Å². The van der Waals surface area contributed by atoms with Gasteiger partial charge in [0.15, 0.2) is 0 Å². The fraction of sp³-hybridized carbons (Fsp3) is 0.0526. The maximum Gasteiger partial charge on any atom is 0.265 e. The number of nitrogens with zero attached hydrogens (tertiary/aromatic N) is 2. The lowest BCUT2D eigenvalue weighted by Gasteiger charge is -2.03. The standard InChI is InChI=1S/C19H15N3O2S/c1-12-16-11-17(18(24)20-13-7-9-15(23)10-8-13)25-19(16)22(21-12)14-5-3-2-4-6-14/h2-11,23H,1H3,(H,20,24). The van der Waals surface area contributed by atoms with Crippen LogP contribution in [0.25, 0.3) is 15.9 Å². The lowest BCUT2D eigenvalue weighted by atomic mass is 10.2. The van der Waals surface area contributed by atoms with E-state index in [0.717, 1.165) is 21.6 Å². The van der Waals surface area contributed by atoms with Gasteiger partial charge >= 0.3 is 0 Å². The summed E-state index contributed by atoms with van der Waals surface area (Å²) in [6.45, 7) is 1.94. The molecule has 2 N–H and O–H groups in total. The summed E-state index contributed by atoms with van der Waals surface area (Å²) in [6.07, 6.45) is 0. The van der Waals surface area contributed by atoms with Crippen LogP contribution in [0.2, 0.25) is 0 Å². The molecule has 0 aliphatic carbocycles. The van der Waals surface area contributed by atoms with Crippen molar-refractivity contribution in [2.75, 3.05) is 5.32 Å². The summed E-state index contributed by atoms with van der Waals surface area (Å²) >= 11 is 1.41. The molecule has 0 atom stereocenters. The molecule has 0 bridgehead atoms. The number of phenols is 1. The van der Waals surface area contributed by atoms with E-state index in [9.17, 15) is 9.90 Å². The van der Waals surface area contributed by atoms with Crippen LogP contribution in [0.4, 0.5) is 5.69 Å². The molecule has 0 saturated carbocycles. The molecule has 5 nitrogen and oxygen atoms in total. The van der Waals surface area contributed by atoms with Gasteiger partial charge in [-0.3, -0.25) is 4.79 Å². The predicted octanol–water partition coefficient (Wildman–Crippen LogP) is 4.35. The van der Waals surface area contributed by atoms with E-state index >= 15 is 0 Å². The van der Waals surface area contributed by atoms with Crippen LogP contribution in [0.3, 0.4) is 0 Å². The Morgan fingerprint density at radius 1 is 1.12 bits per heavy atom. The first kappa shape index (κ1) is 15.4. The van der Waals surface area contributed by atoms with Gasteiger partial charge in [0.1, 0.15) is 10.6 Å². The number of aryl methyl sites for hydroxylation is 1. The average Bonchev–Trinajstić information content (AvgIpc) is 3.19. The Kier molecular flexibility index (Phi) is 3.74. The fourth-order valence-corrected chi connectivity index (χ4v) is 3.72. The number of amides is 1. The zero-order valence-corrected chi connectivity index (χ0v) is 14.2. The van der Waals surface area contributed by atoms with Gasteiger partial charge in [-0.05, 0) is 49.4 Å². The van der Waals surface area contributed by atoms with Crippen LogP contribution >= 0.6 is 11.3 Å². The number of nitrogens with one attached hydrogen (secondary N) is 1. The second-order valence-corrected chi connectivity index (χ2v) is 6.69. The largest absolute Gasteiger partial charge is 0.508 e. The number of carbonyl (C=O) groups is 1. The van der Waals surface area contributed by atoms with Crippen molar-refractivity contribution >= 4 is 33.1 Å². The summed E-state index contributed by atoms with van der Waals surface area (Å²) in [5.41, 5.74) is 2.49. The lowest BCUT2D eigenvalue weighted by Crippen LogP contribution is -2.09. The Bertz CT molecular complexity index is 1050. The Labute approximate surface area is 148 Å². The normalized spacial score (nSPS) is 10.9. The van der Waals surface area contributed by atoms with E-state index in [1.807, 2.05) is 48.0 Å². The lowest BCUT2D eigenvalue weighted by molar-refractivity contribution is 0.103. The number of para-hydroxylation sites is 1. The number of benzene rings is 2. The van der Waals surface area contributed by atoms with Crippen LogP contribution in [0.15, 0.2) is 60.7 Å². The Morgan fingerprint density at radius 2 is 1.84 bits per heavy atom. The van der Waals surface area contributed by atoms with Crippen LogP contribution in [-0.4, -0.2) is 20.8 Å². The number of phenolic OH excluding ortho intramolecular Hbond substituents is 1. The summed E-state index contributed by atoms with van der Waals surface area (Å²) in [5, 5.41) is 17.7. The van der Waals surface area contributed by atoms with Crippen LogP contribution in [0.5, 0.6) is 5.75 Å². The maximum atomic E-state index is 12.5. The Hall–Kier alpha value is -3.12. The van der Waals surface area contributed by atoms with Crippen molar-refractivity contribution in [1.29, 1.82) is 0 Å². The second-order valence-electron chi connectivity index (χ2n) is 5.66. The number of hydrogen-bond acceptors (Lipinski definition) is 4. The topological polar surface area (TPSA) is 67.2 Å². The second kappa shape index (κ2) is 6.07. The van der Waals surface area contributed by atoms with Gasteiger partial charge in [-0.2, -0.15) is 5.10 Å². The van der Waals surface area contributed by atoms with Crippen molar-refractivity contribution in [2.24, 2.45) is 0 Å². The fourth-order valence-electron chi connectivity index (χ4n) is 2.64. The molecule has 4 rings (SSSR count). The highest BCUT2D eigenvalue weighted by Gasteiger charge is 2.17. The van der Waals surface area contributed by atoms with Gasteiger partial charge in [0, 0.05) is 11.1 Å². The first-order valence-corrected chi connectivity index (χ1v) is 8.58. The Morgan fingerprint density at radius 3 is 2.56 bits per heavy atom. The number of hydrogen-bond donors (Lipinski definition) is 2.